The SMILES string of the molecule is CC(C)(C)c1csc(NC=O)n1. The van der Waals surface area contributed by atoms with Crippen molar-refractivity contribution in [3.05, 3.63) is 11.1 Å². The minimum absolute atomic E-state index is 0.0549. The molecule has 0 bridgehead atoms. The van der Waals surface area contributed by atoms with Crippen molar-refractivity contribution < 1.29 is 4.79 Å². The van der Waals surface area contributed by atoms with Gasteiger partial charge in [-0.25, -0.2) is 4.98 Å². The van der Waals surface area contributed by atoms with Crippen LogP contribution in [0.3, 0.4) is 0 Å². The molecule has 0 aliphatic heterocycles. The van der Waals surface area contributed by atoms with Crippen LogP contribution in [-0.2, 0) is 10.2 Å². The molecule has 4 heteroatoms. The van der Waals surface area contributed by atoms with Crippen LogP contribution in [0.2, 0.25) is 0 Å². The van der Waals surface area contributed by atoms with E-state index in [2.05, 4.69) is 31.1 Å². The van der Waals surface area contributed by atoms with Crippen molar-refractivity contribution in [2.75, 3.05) is 5.32 Å². The zero-order valence-corrected chi connectivity index (χ0v) is 8.23. The summed E-state index contributed by atoms with van der Waals surface area (Å²) in [4.78, 5) is 14.3. The van der Waals surface area contributed by atoms with Crippen molar-refractivity contribution >= 4 is 22.9 Å². The van der Waals surface area contributed by atoms with E-state index in [9.17, 15) is 4.79 Å². The lowest BCUT2D eigenvalue weighted by Crippen LogP contribution is -2.11. The van der Waals surface area contributed by atoms with Crippen LogP contribution < -0.4 is 5.32 Å². The van der Waals surface area contributed by atoms with Gasteiger partial charge >= 0.3 is 0 Å². The van der Waals surface area contributed by atoms with Gasteiger partial charge in [0, 0.05) is 10.8 Å². The molecule has 1 heterocycles. The number of carbonyl (C=O) groups is 1. The first-order chi connectivity index (χ1) is 5.54. The molecule has 3 nitrogen and oxygen atoms in total. The Bertz CT molecular complexity index is 275. The Morgan fingerprint density at radius 2 is 2.25 bits per heavy atom. The molecule has 0 saturated carbocycles. The van der Waals surface area contributed by atoms with Gasteiger partial charge in [0.05, 0.1) is 5.69 Å². The predicted molar refractivity (Wildman–Crippen MR) is 50.5 cm³/mol. The second-order valence-electron chi connectivity index (χ2n) is 3.55. The van der Waals surface area contributed by atoms with E-state index >= 15 is 0 Å². The van der Waals surface area contributed by atoms with E-state index in [1.165, 1.54) is 11.3 Å². The first kappa shape index (κ1) is 9.19. The number of anilines is 1. The maximum Gasteiger partial charge on any atom is 0.213 e. The largest absolute Gasteiger partial charge is 0.305 e. The summed E-state index contributed by atoms with van der Waals surface area (Å²) in [5, 5.41) is 5.15. The summed E-state index contributed by atoms with van der Waals surface area (Å²) in [5.41, 5.74) is 1.07. The lowest BCUT2D eigenvalue weighted by atomic mass is 9.93. The highest BCUT2D eigenvalue weighted by Gasteiger charge is 2.16. The standard InChI is InChI=1S/C8H12N2OS/c1-8(2,3)6-4-12-7(10-6)9-5-11/h4-5H,1-3H3,(H,9,10,11). The van der Waals surface area contributed by atoms with Crippen molar-refractivity contribution in [1.82, 2.24) is 4.98 Å². The fourth-order valence-corrected chi connectivity index (χ4v) is 1.63. The summed E-state index contributed by atoms with van der Waals surface area (Å²) >= 11 is 1.45. The number of nitrogens with zero attached hydrogens (tertiary/aromatic N) is 1. The molecule has 0 saturated heterocycles. The normalized spacial score (nSPS) is 11.2. The number of hydrogen-bond donors (Lipinski definition) is 1. The number of carbonyl (C=O) groups excluding carboxylic acids is 1. The molecule has 0 fully saturated rings. The number of hydrogen-bond acceptors (Lipinski definition) is 3. The van der Waals surface area contributed by atoms with Crippen LogP contribution in [-0.4, -0.2) is 11.4 Å². The summed E-state index contributed by atoms with van der Waals surface area (Å²) in [6, 6.07) is 0. The maximum absolute atomic E-state index is 10.1. The summed E-state index contributed by atoms with van der Waals surface area (Å²) in [6.07, 6.45) is 0.644. The Morgan fingerprint density at radius 1 is 1.58 bits per heavy atom. The first-order valence-electron chi connectivity index (χ1n) is 3.70. The van der Waals surface area contributed by atoms with E-state index in [1.54, 1.807) is 0 Å². The van der Waals surface area contributed by atoms with Crippen LogP contribution >= 0.6 is 11.3 Å². The third-order valence-corrected chi connectivity index (χ3v) is 2.23. The third kappa shape index (κ3) is 2.04. The highest BCUT2D eigenvalue weighted by molar-refractivity contribution is 7.13. The van der Waals surface area contributed by atoms with Gasteiger partial charge in [-0.3, -0.25) is 4.79 Å². The molecule has 0 radical (unpaired) electrons. The van der Waals surface area contributed by atoms with E-state index < -0.39 is 0 Å². The minimum Gasteiger partial charge on any atom is -0.305 e. The Hall–Kier alpha value is -0.900. The number of aromatic nitrogens is 1. The van der Waals surface area contributed by atoms with E-state index in [4.69, 9.17) is 0 Å². The van der Waals surface area contributed by atoms with E-state index in [-0.39, 0.29) is 5.41 Å². The fraction of sp³-hybridized carbons (Fsp3) is 0.500. The van der Waals surface area contributed by atoms with Crippen molar-refractivity contribution in [1.29, 1.82) is 0 Å². The number of amides is 1. The molecule has 1 amide bonds. The topological polar surface area (TPSA) is 42.0 Å². The van der Waals surface area contributed by atoms with Crippen LogP contribution in [0.25, 0.3) is 0 Å². The smallest absolute Gasteiger partial charge is 0.213 e. The van der Waals surface area contributed by atoms with E-state index in [0.717, 1.165) is 5.69 Å². The molecule has 66 valence electrons. The van der Waals surface area contributed by atoms with Crippen molar-refractivity contribution in [2.45, 2.75) is 26.2 Å². The van der Waals surface area contributed by atoms with Crippen LogP contribution in [0.4, 0.5) is 5.13 Å². The molecular formula is C8H12N2OS. The molecular weight excluding hydrogens is 172 g/mol. The van der Waals surface area contributed by atoms with Gasteiger partial charge in [-0.1, -0.05) is 20.8 Å². The van der Waals surface area contributed by atoms with Gasteiger partial charge in [0.1, 0.15) is 0 Å². The second kappa shape index (κ2) is 3.23. The van der Waals surface area contributed by atoms with Crippen LogP contribution in [0.1, 0.15) is 26.5 Å². The minimum atomic E-state index is 0.0549. The predicted octanol–water partition coefficient (Wildman–Crippen LogP) is 2.01. The van der Waals surface area contributed by atoms with Gasteiger partial charge in [-0.2, -0.15) is 0 Å². The summed E-state index contributed by atoms with van der Waals surface area (Å²) in [6.45, 7) is 6.27. The van der Waals surface area contributed by atoms with Gasteiger partial charge < -0.3 is 5.32 Å². The molecule has 1 rings (SSSR count). The Morgan fingerprint density at radius 3 is 2.67 bits per heavy atom. The summed E-state index contributed by atoms with van der Waals surface area (Å²) in [5.74, 6) is 0. The van der Waals surface area contributed by atoms with Crippen molar-refractivity contribution in [3.8, 4) is 0 Å². The lowest BCUT2D eigenvalue weighted by Gasteiger charge is -2.13. The zero-order chi connectivity index (χ0) is 9.19. The Kier molecular flexibility index (Phi) is 2.47. The highest BCUT2D eigenvalue weighted by Crippen LogP contribution is 2.25. The molecule has 1 aromatic heterocycles. The third-order valence-electron chi connectivity index (χ3n) is 1.46. The van der Waals surface area contributed by atoms with Gasteiger partial charge in [0.15, 0.2) is 5.13 Å². The monoisotopic (exact) mass is 184 g/mol. The van der Waals surface area contributed by atoms with Crippen LogP contribution in [0.15, 0.2) is 5.38 Å². The maximum atomic E-state index is 10.1. The molecule has 0 atom stereocenters. The number of nitrogens with one attached hydrogen (secondary N) is 1. The highest BCUT2D eigenvalue weighted by atomic mass is 32.1. The quantitative estimate of drug-likeness (QED) is 0.714. The van der Waals surface area contributed by atoms with Gasteiger partial charge in [0.25, 0.3) is 0 Å². The van der Waals surface area contributed by atoms with Gasteiger partial charge in [-0.05, 0) is 0 Å². The molecule has 0 aromatic carbocycles. The molecule has 12 heavy (non-hydrogen) atoms. The van der Waals surface area contributed by atoms with Crippen molar-refractivity contribution in [2.24, 2.45) is 0 Å². The molecule has 0 aliphatic carbocycles. The number of thiazole rings is 1. The molecule has 1 N–H and O–H groups in total. The van der Waals surface area contributed by atoms with E-state index in [1.807, 2.05) is 5.38 Å². The summed E-state index contributed by atoms with van der Waals surface area (Å²) in [7, 11) is 0. The van der Waals surface area contributed by atoms with Crippen LogP contribution in [0, 0.1) is 0 Å². The fourth-order valence-electron chi connectivity index (χ4n) is 0.735. The first-order valence-corrected chi connectivity index (χ1v) is 4.58. The van der Waals surface area contributed by atoms with Gasteiger partial charge in [0.2, 0.25) is 6.41 Å². The average molecular weight is 184 g/mol. The van der Waals surface area contributed by atoms with E-state index in [0.29, 0.717) is 11.5 Å². The summed E-state index contributed by atoms with van der Waals surface area (Å²) < 4.78 is 0. The average Bonchev–Trinajstić information content (AvgIpc) is 2.35. The lowest BCUT2D eigenvalue weighted by molar-refractivity contribution is -0.105. The molecule has 0 spiro atoms. The molecule has 1 aromatic rings. The number of rotatable bonds is 2. The van der Waals surface area contributed by atoms with Crippen molar-refractivity contribution in [3.63, 3.8) is 0 Å². The van der Waals surface area contributed by atoms with Gasteiger partial charge in [-0.15, -0.1) is 11.3 Å². The Labute approximate surface area is 75.8 Å². The molecule has 0 unspecified atom stereocenters. The van der Waals surface area contributed by atoms with Crippen LogP contribution in [0.5, 0.6) is 0 Å². The molecule has 0 aliphatic rings. The Balaban J connectivity index is 2.84. The zero-order valence-electron chi connectivity index (χ0n) is 7.42. The second-order valence-corrected chi connectivity index (χ2v) is 4.41.